The third-order valence-electron chi connectivity index (χ3n) is 9.36. The Labute approximate surface area is 293 Å². The molecule has 3 heterocycles. The van der Waals surface area contributed by atoms with E-state index in [1.807, 2.05) is 101 Å². The van der Waals surface area contributed by atoms with Crippen molar-refractivity contribution < 1.29 is 19.0 Å². The molecule has 0 spiro atoms. The van der Waals surface area contributed by atoms with Crippen LogP contribution >= 0.6 is 0 Å². The first kappa shape index (κ1) is 33.2. The summed E-state index contributed by atoms with van der Waals surface area (Å²) in [5, 5.41) is 9.41. The Bertz CT molecular complexity index is 1900. The Hall–Kier alpha value is -5.35. The summed E-state index contributed by atoms with van der Waals surface area (Å²) in [5.74, 6) is 4.32. The van der Waals surface area contributed by atoms with Crippen molar-refractivity contribution in [1.29, 1.82) is 0 Å². The van der Waals surface area contributed by atoms with E-state index < -0.39 is 0 Å². The molecule has 0 bridgehead atoms. The highest BCUT2D eigenvalue weighted by Gasteiger charge is 2.28. The van der Waals surface area contributed by atoms with Gasteiger partial charge in [-0.3, -0.25) is 9.69 Å². The van der Waals surface area contributed by atoms with Gasteiger partial charge >= 0.3 is 0 Å². The zero-order valence-electron chi connectivity index (χ0n) is 28.7. The number of anilines is 1. The van der Waals surface area contributed by atoms with E-state index in [9.17, 15) is 4.79 Å². The van der Waals surface area contributed by atoms with E-state index in [-0.39, 0.29) is 11.9 Å². The number of hydrogen-bond donors (Lipinski definition) is 1. The van der Waals surface area contributed by atoms with E-state index in [4.69, 9.17) is 24.3 Å². The second-order valence-corrected chi connectivity index (χ2v) is 13.0. The fraction of sp³-hybridized carbons (Fsp3) is 0.325. The summed E-state index contributed by atoms with van der Waals surface area (Å²) in [5.41, 5.74) is 1.76. The lowest BCUT2D eigenvalue weighted by molar-refractivity contribution is -0.129. The Kier molecular flexibility index (Phi) is 10.3. The lowest BCUT2D eigenvalue weighted by Gasteiger charge is -2.35. The number of hydrogen-bond acceptors (Lipinski definition) is 8. The van der Waals surface area contributed by atoms with Gasteiger partial charge in [0.15, 0.2) is 11.5 Å². The first-order chi connectivity index (χ1) is 24.5. The lowest BCUT2D eigenvalue weighted by atomic mass is 10.0. The van der Waals surface area contributed by atoms with Crippen molar-refractivity contribution in [2.45, 2.75) is 50.7 Å². The average molecular weight is 673 g/mol. The van der Waals surface area contributed by atoms with Crippen LogP contribution in [0.3, 0.4) is 0 Å². The summed E-state index contributed by atoms with van der Waals surface area (Å²) in [7, 11) is 3.79. The Morgan fingerprint density at radius 1 is 0.900 bits per heavy atom. The van der Waals surface area contributed by atoms with E-state index in [0.29, 0.717) is 42.1 Å². The number of ether oxygens (including phenoxy) is 3. The van der Waals surface area contributed by atoms with Crippen molar-refractivity contribution in [3.63, 3.8) is 0 Å². The van der Waals surface area contributed by atoms with E-state index >= 15 is 0 Å². The molecule has 2 aliphatic rings. The van der Waals surface area contributed by atoms with Gasteiger partial charge < -0.3 is 24.4 Å². The number of amides is 1. The Morgan fingerprint density at radius 3 is 2.36 bits per heavy atom. The van der Waals surface area contributed by atoms with Crippen LogP contribution in [0.4, 0.5) is 5.82 Å². The topological polar surface area (TPSA) is 94.0 Å². The number of rotatable bonds is 14. The van der Waals surface area contributed by atoms with Crippen LogP contribution in [-0.4, -0.2) is 76.3 Å². The van der Waals surface area contributed by atoms with Gasteiger partial charge in [0.25, 0.3) is 0 Å². The molecule has 7 rings (SSSR count). The Balaban J connectivity index is 1.12. The Morgan fingerprint density at radius 2 is 1.62 bits per heavy atom. The van der Waals surface area contributed by atoms with Crippen molar-refractivity contribution in [3.8, 4) is 28.7 Å². The van der Waals surface area contributed by atoms with Gasteiger partial charge in [-0.25, -0.2) is 9.67 Å². The van der Waals surface area contributed by atoms with Gasteiger partial charge in [0.1, 0.15) is 34.1 Å². The summed E-state index contributed by atoms with van der Waals surface area (Å²) in [6.45, 7) is 2.62. The van der Waals surface area contributed by atoms with Gasteiger partial charge in [-0.1, -0.05) is 36.4 Å². The first-order valence-corrected chi connectivity index (χ1v) is 17.4. The van der Waals surface area contributed by atoms with Crippen LogP contribution in [0.15, 0.2) is 103 Å². The van der Waals surface area contributed by atoms with Gasteiger partial charge in [-0.15, -0.1) is 0 Å². The maximum absolute atomic E-state index is 13.4. The fourth-order valence-electron chi connectivity index (χ4n) is 6.42. The minimum Gasteiger partial charge on any atom is -0.497 e. The van der Waals surface area contributed by atoms with Crippen molar-refractivity contribution in [3.05, 3.63) is 109 Å². The third-order valence-corrected chi connectivity index (χ3v) is 9.36. The van der Waals surface area contributed by atoms with Gasteiger partial charge in [0.05, 0.1) is 13.7 Å². The highest BCUT2D eigenvalue weighted by atomic mass is 16.5. The summed E-state index contributed by atoms with van der Waals surface area (Å²) in [4.78, 5) is 22.4. The van der Waals surface area contributed by atoms with E-state index in [1.54, 1.807) is 19.4 Å². The predicted molar refractivity (Wildman–Crippen MR) is 195 cm³/mol. The average Bonchev–Trinajstić information content (AvgIpc) is 3.95. The monoisotopic (exact) mass is 672 g/mol. The van der Waals surface area contributed by atoms with Crippen LogP contribution in [0.5, 0.6) is 28.7 Å². The summed E-state index contributed by atoms with van der Waals surface area (Å²) in [6.07, 6.45) is 11.0. The van der Waals surface area contributed by atoms with E-state index in [1.165, 1.54) is 12.8 Å². The summed E-state index contributed by atoms with van der Waals surface area (Å²) < 4.78 is 19.7. The SMILES string of the molecule is COc1ccc(Cn2nc(NC[C@@H]3CCCCN3C(=O)C=CCN(C)C3CC3)c3c(Oc4ccc(Oc5ccccc5)cc4)ccnc32)cc1. The first-order valence-electron chi connectivity index (χ1n) is 17.4. The van der Waals surface area contributed by atoms with E-state index in [2.05, 4.69) is 17.3 Å². The molecule has 0 unspecified atom stereocenters. The van der Waals surface area contributed by atoms with Gasteiger partial charge in [-0.05, 0) is 93.2 Å². The molecule has 5 aromatic rings. The smallest absolute Gasteiger partial charge is 0.246 e. The maximum atomic E-state index is 13.4. The molecule has 1 aliphatic carbocycles. The third kappa shape index (κ3) is 8.09. The largest absolute Gasteiger partial charge is 0.497 e. The normalized spacial score (nSPS) is 16.2. The van der Waals surface area contributed by atoms with Gasteiger partial charge in [-0.2, -0.15) is 5.10 Å². The van der Waals surface area contributed by atoms with Crippen LogP contribution in [0, 0.1) is 0 Å². The molecule has 1 saturated heterocycles. The van der Waals surface area contributed by atoms with Crippen molar-refractivity contribution in [2.75, 3.05) is 39.1 Å². The molecule has 1 N–H and O–H groups in total. The van der Waals surface area contributed by atoms with Crippen molar-refractivity contribution >= 4 is 22.8 Å². The lowest BCUT2D eigenvalue weighted by Crippen LogP contribution is -2.46. The molecule has 2 aromatic heterocycles. The van der Waals surface area contributed by atoms with Crippen LogP contribution < -0.4 is 19.5 Å². The molecular weight excluding hydrogens is 628 g/mol. The second-order valence-electron chi connectivity index (χ2n) is 13.0. The highest BCUT2D eigenvalue weighted by Crippen LogP contribution is 2.36. The molecule has 10 nitrogen and oxygen atoms in total. The number of benzene rings is 3. The van der Waals surface area contributed by atoms with E-state index in [0.717, 1.165) is 60.6 Å². The number of fused-ring (bicyclic) bond motifs is 1. The number of methoxy groups -OCH3 is 1. The van der Waals surface area contributed by atoms with Crippen LogP contribution in [0.2, 0.25) is 0 Å². The molecule has 1 aliphatic heterocycles. The van der Waals surface area contributed by atoms with Gasteiger partial charge in [0.2, 0.25) is 5.91 Å². The number of para-hydroxylation sites is 1. The molecule has 10 heteroatoms. The number of pyridine rings is 1. The fourth-order valence-corrected chi connectivity index (χ4v) is 6.42. The molecule has 50 heavy (non-hydrogen) atoms. The number of carbonyl (C=O) groups is 1. The van der Waals surface area contributed by atoms with Crippen molar-refractivity contribution in [2.24, 2.45) is 0 Å². The number of nitrogens with zero attached hydrogens (tertiary/aromatic N) is 5. The minimum atomic E-state index is 0.0436. The number of nitrogens with one attached hydrogen (secondary N) is 1. The van der Waals surface area contributed by atoms with Crippen LogP contribution in [0.25, 0.3) is 11.0 Å². The number of likely N-dealkylation sites (tertiary alicyclic amines) is 1. The van der Waals surface area contributed by atoms with Crippen LogP contribution in [0.1, 0.15) is 37.7 Å². The predicted octanol–water partition coefficient (Wildman–Crippen LogP) is 7.52. The quantitative estimate of drug-likeness (QED) is 0.121. The minimum absolute atomic E-state index is 0.0436. The van der Waals surface area contributed by atoms with Crippen LogP contribution in [-0.2, 0) is 11.3 Å². The number of likely N-dealkylation sites (N-methyl/N-ethyl adjacent to an activating group) is 1. The summed E-state index contributed by atoms with van der Waals surface area (Å²) >= 11 is 0. The highest BCUT2D eigenvalue weighted by molar-refractivity contribution is 5.93. The zero-order valence-corrected chi connectivity index (χ0v) is 28.7. The molecule has 1 atom stereocenters. The molecule has 258 valence electrons. The molecular formula is C40H44N6O4. The zero-order chi connectivity index (χ0) is 34.3. The number of piperidine rings is 1. The molecule has 2 fully saturated rings. The molecule has 1 amide bonds. The number of carbonyl (C=O) groups excluding carboxylic acids is 1. The summed E-state index contributed by atoms with van der Waals surface area (Å²) in [6, 6.07) is 27.8. The molecule has 1 saturated carbocycles. The maximum Gasteiger partial charge on any atom is 0.246 e. The second kappa shape index (κ2) is 15.5. The standard InChI is InChI=1S/C40H44N6O4/c1-44(30-15-16-30)25-8-12-37(47)45-26-7-6-9-31(45)27-42-39-38-36(50-35-21-19-34(20-22-35)49-33-10-4-3-5-11-33)23-24-41-40(38)46(43-39)28-29-13-17-32(48-2)18-14-29/h3-5,8,10-14,17-24,30-31H,6-7,9,15-16,25-28H2,1-2H3,(H,42,43)/t31-/m0/s1. The van der Waals surface area contributed by atoms with Gasteiger partial charge in [0, 0.05) is 50.1 Å². The van der Waals surface area contributed by atoms with Crippen molar-refractivity contribution in [1.82, 2.24) is 24.6 Å². The number of aromatic nitrogens is 3. The molecule has 0 radical (unpaired) electrons. The molecule has 3 aromatic carbocycles.